The molecular formula is C18H35NO3. The molecule has 0 radical (unpaired) electrons. The Morgan fingerprint density at radius 2 is 1.59 bits per heavy atom. The Hall–Kier alpha value is -1.06. The van der Waals surface area contributed by atoms with Crippen molar-refractivity contribution in [3.8, 4) is 0 Å². The van der Waals surface area contributed by atoms with Gasteiger partial charge in [-0.2, -0.15) is 0 Å². The predicted molar refractivity (Wildman–Crippen MR) is 91.1 cm³/mol. The van der Waals surface area contributed by atoms with Gasteiger partial charge in [0.05, 0.1) is 0 Å². The highest BCUT2D eigenvalue weighted by Crippen LogP contribution is 2.29. The van der Waals surface area contributed by atoms with E-state index in [2.05, 4.69) is 19.2 Å². The van der Waals surface area contributed by atoms with Crippen molar-refractivity contribution in [2.75, 3.05) is 0 Å². The van der Waals surface area contributed by atoms with Crippen LogP contribution in [0.5, 0.6) is 0 Å². The van der Waals surface area contributed by atoms with Crippen LogP contribution in [0.1, 0.15) is 92.4 Å². The van der Waals surface area contributed by atoms with Gasteiger partial charge in [-0.05, 0) is 33.6 Å². The highest BCUT2D eigenvalue weighted by atomic mass is 16.6. The first-order valence-corrected chi connectivity index (χ1v) is 8.73. The fourth-order valence-corrected chi connectivity index (χ4v) is 2.47. The van der Waals surface area contributed by atoms with Crippen LogP contribution in [0.4, 0.5) is 4.79 Å². The van der Waals surface area contributed by atoms with Crippen molar-refractivity contribution in [1.29, 1.82) is 0 Å². The molecule has 1 N–H and O–H groups in total. The summed E-state index contributed by atoms with van der Waals surface area (Å²) in [7, 11) is 0. The van der Waals surface area contributed by atoms with Gasteiger partial charge in [0, 0.05) is 12.0 Å². The lowest BCUT2D eigenvalue weighted by Crippen LogP contribution is -2.50. The predicted octanol–water partition coefficient (Wildman–Crippen LogP) is 5.00. The van der Waals surface area contributed by atoms with Gasteiger partial charge in [0.25, 0.3) is 0 Å². The molecule has 0 heterocycles. The monoisotopic (exact) mass is 313 g/mol. The van der Waals surface area contributed by atoms with Gasteiger partial charge in [-0.25, -0.2) is 4.79 Å². The highest BCUT2D eigenvalue weighted by molar-refractivity contribution is 5.69. The molecule has 4 heteroatoms. The van der Waals surface area contributed by atoms with E-state index < -0.39 is 11.7 Å². The Balaban J connectivity index is 0.000000980. The van der Waals surface area contributed by atoms with E-state index >= 15 is 0 Å². The second-order valence-electron chi connectivity index (χ2n) is 7.19. The van der Waals surface area contributed by atoms with Crippen LogP contribution < -0.4 is 5.32 Å². The van der Waals surface area contributed by atoms with Crippen LogP contribution in [-0.2, 0) is 9.53 Å². The van der Waals surface area contributed by atoms with Crippen molar-refractivity contribution in [2.24, 2.45) is 0 Å². The smallest absolute Gasteiger partial charge is 0.408 e. The first kappa shape index (κ1) is 20.9. The Morgan fingerprint density at radius 3 is 1.95 bits per heavy atom. The summed E-state index contributed by atoms with van der Waals surface area (Å²) in [6, 6.07) is 0. The molecule has 0 bridgehead atoms. The molecular weight excluding hydrogens is 278 g/mol. The number of hydrogen-bond acceptors (Lipinski definition) is 3. The van der Waals surface area contributed by atoms with Crippen molar-refractivity contribution >= 4 is 12.4 Å². The molecule has 1 fully saturated rings. The molecule has 22 heavy (non-hydrogen) atoms. The third kappa shape index (κ3) is 9.80. The summed E-state index contributed by atoms with van der Waals surface area (Å²) in [6.07, 6.45) is 9.72. The third-order valence-electron chi connectivity index (χ3n) is 3.80. The zero-order chi connectivity index (χ0) is 17.1. The largest absolute Gasteiger partial charge is 0.444 e. The number of ether oxygens (including phenoxy) is 1. The maximum absolute atomic E-state index is 11.9. The maximum Gasteiger partial charge on any atom is 0.408 e. The van der Waals surface area contributed by atoms with E-state index in [1.807, 2.05) is 20.8 Å². The Kier molecular flexibility index (Phi) is 10.1. The third-order valence-corrected chi connectivity index (χ3v) is 3.80. The molecule has 130 valence electrons. The van der Waals surface area contributed by atoms with Gasteiger partial charge < -0.3 is 14.8 Å². The number of amides is 1. The number of nitrogens with one attached hydrogen (secondary N) is 1. The average Bonchev–Trinajstić information content (AvgIpc) is 2.63. The fourth-order valence-electron chi connectivity index (χ4n) is 2.47. The summed E-state index contributed by atoms with van der Waals surface area (Å²) in [6.45, 7) is 9.88. The molecule has 0 spiro atoms. The van der Waals surface area contributed by atoms with E-state index in [4.69, 9.17) is 4.74 Å². The Labute approximate surface area is 136 Å². The summed E-state index contributed by atoms with van der Waals surface area (Å²) < 4.78 is 5.29. The molecule has 0 aromatic carbocycles. The lowest BCUT2D eigenvalue weighted by atomic mass is 9.87. The molecule has 1 saturated carbocycles. The molecule has 1 aliphatic carbocycles. The number of unbranched alkanes of at least 4 members (excludes halogenated alkanes) is 1. The lowest BCUT2D eigenvalue weighted by Gasteiger charge is -2.33. The minimum Gasteiger partial charge on any atom is -0.444 e. The SMILES string of the molecule is CC(C)(C)OC(=O)NC1(CC=O)CCCCCC1.CCCC. The summed E-state index contributed by atoms with van der Waals surface area (Å²) in [5, 5.41) is 2.94. The van der Waals surface area contributed by atoms with Gasteiger partial charge in [-0.15, -0.1) is 0 Å². The van der Waals surface area contributed by atoms with E-state index in [9.17, 15) is 9.59 Å². The van der Waals surface area contributed by atoms with Gasteiger partial charge >= 0.3 is 6.09 Å². The van der Waals surface area contributed by atoms with E-state index in [1.165, 1.54) is 25.7 Å². The van der Waals surface area contributed by atoms with E-state index in [0.717, 1.165) is 32.0 Å². The molecule has 0 atom stereocenters. The maximum atomic E-state index is 11.9. The van der Waals surface area contributed by atoms with Crippen molar-refractivity contribution in [2.45, 2.75) is 104 Å². The van der Waals surface area contributed by atoms with Crippen LogP contribution in [0.25, 0.3) is 0 Å². The van der Waals surface area contributed by atoms with Gasteiger partial charge in [-0.3, -0.25) is 0 Å². The molecule has 4 nitrogen and oxygen atoms in total. The second-order valence-corrected chi connectivity index (χ2v) is 7.19. The van der Waals surface area contributed by atoms with E-state index in [-0.39, 0.29) is 5.54 Å². The number of hydrogen-bond donors (Lipinski definition) is 1. The van der Waals surface area contributed by atoms with Crippen molar-refractivity contribution in [3.63, 3.8) is 0 Å². The Morgan fingerprint density at radius 1 is 1.09 bits per heavy atom. The number of alkyl carbamates (subject to hydrolysis) is 1. The molecule has 1 rings (SSSR count). The van der Waals surface area contributed by atoms with Gasteiger partial charge in [0.1, 0.15) is 11.9 Å². The number of aldehydes is 1. The minimum absolute atomic E-state index is 0.381. The number of carbonyl (C=O) groups excluding carboxylic acids is 2. The quantitative estimate of drug-likeness (QED) is 0.587. The average molecular weight is 313 g/mol. The van der Waals surface area contributed by atoms with Crippen LogP contribution in [0.3, 0.4) is 0 Å². The van der Waals surface area contributed by atoms with E-state index in [1.54, 1.807) is 0 Å². The lowest BCUT2D eigenvalue weighted by molar-refractivity contribution is -0.109. The molecule has 1 amide bonds. The number of carbonyl (C=O) groups is 2. The summed E-state index contributed by atoms with van der Waals surface area (Å²) in [5.41, 5.74) is -0.891. The van der Waals surface area contributed by atoms with Crippen molar-refractivity contribution < 1.29 is 14.3 Å². The molecule has 0 unspecified atom stereocenters. The van der Waals surface area contributed by atoms with Crippen molar-refractivity contribution in [3.05, 3.63) is 0 Å². The van der Waals surface area contributed by atoms with Gasteiger partial charge in [0.2, 0.25) is 0 Å². The van der Waals surface area contributed by atoms with E-state index in [0.29, 0.717) is 6.42 Å². The summed E-state index contributed by atoms with van der Waals surface area (Å²) in [5.74, 6) is 0. The van der Waals surface area contributed by atoms with Crippen LogP contribution in [0.15, 0.2) is 0 Å². The highest BCUT2D eigenvalue weighted by Gasteiger charge is 2.33. The summed E-state index contributed by atoms with van der Waals surface area (Å²) in [4.78, 5) is 22.7. The normalized spacial score (nSPS) is 17.5. The Bertz CT molecular complexity index is 311. The first-order chi connectivity index (χ1) is 10.3. The first-order valence-electron chi connectivity index (χ1n) is 8.73. The molecule has 0 aromatic rings. The topological polar surface area (TPSA) is 55.4 Å². The van der Waals surface area contributed by atoms with Gasteiger partial charge in [-0.1, -0.05) is 52.4 Å². The zero-order valence-electron chi connectivity index (χ0n) is 15.2. The zero-order valence-corrected chi connectivity index (χ0v) is 15.2. The number of rotatable bonds is 4. The van der Waals surface area contributed by atoms with Crippen LogP contribution in [-0.4, -0.2) is 23.5 Å². The molecule has 0 aliphatic heterocycles. The standard InChI is InChI=1S/C14H25NO3.C4H10/c1-13(2,3)18-12(17)15-14(10-11-16)8-6-4-5-7-9-14;1-3-4-2/h11H,4-10H2,1-3H3,(H,15,17);3-4H2,1-2H3. The molecule has 0 aromatic heterocycles. The summed E-state index contributed by atoms with van der Waals surface area (Å²) >= 11 is 0. The van der Waals surface area contributed by atoms with Crippen LogP contribution in [0.2, 0.25) is 0 Å². The van der Waals surface area contributed by atoms with Gasteiger partial charge in [0.15, 0.2) is 0 Å². The molecule has 1 aliphatic rings. The second kappa shape index (κ2) is 10.6. The molecule has 0 saturated heterocycles. The van der Waals surface area contributed by atoms with Crippen molar-refractivity contribution in [1.82, 2.24) is 5.32 Å². The van der Waals surface area contributed by atoms with Crippen LogP contribution in [0, 0.1) is 0 Å². The fraction of sp³-hybridized carbons (Fsp3) is 0.889. The minimum atomic E-state index is -0.503. The van der Waals surface area contributed by atoms with Crippen LogP contribution >= 0.6 is 0 Å².